The van der Waals surface area contributed by atoms with Crippen LogP contribution in [0.2, 0.25) is 0 Å². The Morgan fingerprint density at radius 1 is 1.27 bits per heavy atom. The van der Waals surface area contributed by atoms with E-state index in [0.29, 0.717) is 17.0 Å². The molecule has 3 N–H and O–H groups in total. The number of aliphatic hydroxyl groups excluding tert-OH is 1. The molecule has 4 heterocycles. The quantitative estimate of drug-likeness (QED) is 0.784. The molecule has 2 fully saturated rings. The van der Waals surface area contributed by atoms with Crippen LogP contribution in [-0.2, 0) is 14.2 Å². The Kier molecular flexibility index (Phi) is 2.89. The fourth-order valence-corrected chi connectivity index (χ4v) is 3.09. The smallest absolute Gasteiger partial charge is 0.167 e. The van der Waals surface area contributed by atoms with Gasteiger partial charge < -0.3 is 25.1 Å². The van der Waals surface area contributed by atoms with E-state index in [1.54, 1.807) is 10.9 Å². The molecule has 0 amide bonds. The van der Waals surface area contributed by atoms with Gasteiger partial charge in [0.15, 0.2) is 23.5 Å². The summed E-state index contributed by atoms with van der Waals surface area (Å²) < 4.78 is 19.4. The molecule has 9 nitrogen and oxygen atoms in total. The van der Waals surface area contributed by atoms with Crippen LogP contribution in [0.3, 0.4) is 0 Å². The highest BCUT2D eigenvalue weighted by Crippen LogP contribution is 2.43. The third kappa shape index (κ3) is 1.90. The molecule has 22 heavy (non-hydrogen) atoms. The van der Waals surface area contributed by atoms with Crippen LogP contribution in [0.5, 0.6) is 0 Å². The van der Waals surface area contributed by atoms with Gasteiger partial charge in [-0.2, -0.15) is 0 Å². The molecule has 0 spiro atoms. The SMILES string of the molecule is CC1(C)O[C@@H]2[C@@H](O1)[C@@H](CO)O[C@H]2n1cnc2c(N)ncnc21. The van der Waals surface area contributed by atoms with Gasteiger partial charge in [0.05, 0.1) is 12.9 Å². The average molecular weight is 307 g/mol. The standard InChI is InChI=1S/C13H17N5O4/c1-13(2)21-8-6(3-19)20-12(9(8)22-13)18-5-17-7-10(14)15-4-16-11(7)18/h4-6,8-9,12,19H,3H2,1-2H3,(H2,14,15,16)/t6-,8+,9-,12-/m1/s1. The van der Waals surface area contributed by atoms with Crippen LogP contribution in [0.15, 0.2) is 12.7 Å². The number of hydrogen-bond donors (Lipinski definition) is 2. The van der Waals surface area contributed by atoms with Gasteiger partial charge in [0.25, 0.3) is 0 Å². The van der Waals surface area contributed by atoms with E-state index >= 15 is 0 Å². The first-order valence-corrected chi connectivity index (χ1v) is 7.05. The fourth-order valence-electron chi connectivity index (χ4n) is 3.09. The number of fused-ring (bicyclic) bond motifs is 2. The minimum atomic E-state index is -0.727. The second-order valence-corrected chi connectivity index (χ2v) is 5.90. The van der Waals surface area contributed by atoms with Crippen molar-refractivity contribution in [1.82, 2.24) is 19.5 Å². The number of nitrogens with two attached hydrogens (primary N) is 1. The number of imidazole rings is 1. The number of aromatic nitrogens is 4. The molecule has 2 aromatic heterocycles. The first-order valence-electron chi connectivity index (χ1n) is 7.05. The van der Waals surface area contributed by atoms with Gasteiger partial charge in [0.1, 0.15) is 30.2 Å². The van der Waals surface area contributed by atoms with E-state index < -0.39 is 18.1 Å². The van der Waals surface area contributed by atoms with Gasteiger partial charge in [-0.05, 0) is 13.8 Å². The molecule has 0 unspecified atom stereocenters. The normalized spacial score (nSPS) is 33.4. The summed E-state index contributed by atoms with van der Waals surface area (Å²) in [4.78, 5) is 12.4. The predicted molar refractivity (Wildman–Crippen MR) is 74.6 cm³/mol. The highest BCUT2D eigenvalue weighted by atomic mass is 16.8. The van der Waals surface area contributed by atoms with Crippen molar-refractivity contribution in [3.63, 3.8) is 0 Å². The van der Waals surface area contributed by atoms with Crippen molar-refractivity contribution >= 4 is 17.0 Å². The van der Waals surface area contributed by atoms with E-state index in [2.05, 4.69) is 15.0 Å². The zero-order chi connectivity index (χ0) is 15.5. The summed E-state index contributed by atoms with van der Waals surface area (Å²) in [5, 5.41) is 9.52. The van der Waals surface area contributed by atoms with Gasteiger partial charge >= 0.3 is 0 Å². The highest BCUT2D eigenvalue weighted by Gasteiger charge is 2.55. The van der Waals surface area contributed by atoms with E-state index in [0.717, 1.165) is 0 Å². The maximum Gasteiger partial charge on any atom is 0.167 e. The van der Waals surface area contributed by atoms with Crippen LogP contribution in [0.25, 0.3) is 11.2 Å². The van der Waals surface area contributed by atoms with Crippen LogP contribution in [-0.4, -0.2) is 55.3 Å². The number of nitrogen functional groups attached to an aromatic ring is 1. The lowest BCUT2D eigenvalue weighted by molar-refractivity contribution is -0.199. The Balaban J connectivity index is 1.77. The van der Waals surface area contributed by atoms with Crippen LogP contribution in [0.1, 0.15) is 20.1 Å². The Hall–Kier alpha value is -1.81. The first kappa shape index (κ1) is 13.8. The van der Waals surface area contributed by atoms with E-state index in [1.807, 2.05) is 13.8 Å². The second kappa shape index (κ2) is 4.59. The zero-order valence-electron chi connectivity index (χ0n) is 12.2. The Morgan fingerprint density at radius 3 is 2.82 bits per heavy atom. The topological polar surface area (TPSA) is 118 Å². The molecule has 0 aliphatic carbocycles. The van der Waals surface area contributed by atoms with Gasteiger partial charge in [-0.25, -0.2) is 15.0 Å². The molecular weight excluding hydrogens is 290 g/mol. The number of aliphatic hydroxyl groups is 1. The molecule has 0 saturated carbocycles. The minimum Gasteiger partial charge on any atom is -0.394 e. The Morgan fingerprint density at radius 2 is 2.05 bits per heavy atom. The zero-order valence-corrected chi connectivity index (χ0v) is 12.2. The molecular formula is C13H17N5O4. The summed E-state index contributed by atoms with van der Waals surface area (Å²) in [6.45, 7) is 3.52. The van der Waals surface area contributed by atoms with Crippen molar-refractivity contribution in [3.8, 4) is 0 Å². The molecule has 0 radical (unpaired) electrons. The van der Waals surface area contributed by atoms with E-state index in [9.17, 15) is 5.11 Å². The van der Waals surface area contributed by atoms with Gasteiger partial charge in [-0.3, -0.25) is 4.57 Å². The summed E-state index contributed by atoms with van der Waals surface area (Å²) in [6.07, 6.45) is 1.30. The second-order valence-electron chi connectivity index (χ2n) is 5.90. The fraction of sp³-hybridized carbons (Fsp3) is 0.615. The van der Waals surface area contributed by atoms with Crippen LogP contribution >= 0.6 is 0 Å². The van der Waals surface area contributed by atoms with Crippen molar-refractivity contribution in [2.75, 3.05) is 12.3 Å². The highest BCUT2D eigenvalue weighted by molar-refractivity contribution is 5.81. The number of hydrogen-bond acceptors (Lipinski definition) is 8. The third-order valence-electron chi connectivity index (χ3n) is 3.97. The lowest BCUT2D eigenvalue weighted by Crippen LogP contribution is -2.31. The molecule has 9 heteroatoms. The molecule has 2 aliphatic rings. The van der Waals surface area contributed by atoms with Crippen molar-refractivity contribution in [2.24, 2.45) is 0 Å². The summed E-state index contributed by atoms with van der Waals surface area (Å²) in [6, 6.07) is 0. The largest absolute Gasteiger partial charge is 0.394 e. The van der Waals surface area contributed by atoms with Crippen molar-refractivity contribution in [2.45, 2.75) is 44.2 Å². The molecule has 4 atom stereocenters. The molecule has 0 aromatic carbocycles. The lowest BCUT2D eigenvalue weighted by atomic mass is 10.1. The Bertz CT molecular complexity index is 718. The molecule has 0 bridgehead atoms. The molecule has 4 rings (SSSR count). The minimum absolute atomic E-state index is 0.152. The van der Waals surface area contributed by atoms with Gasteiger partial charge in [-0.15, -0.1) is 0 Å². The number of rotatable bonds is 2. The van der Waals surface area contributed by atoms with E-state index in [1.165, 1.54) is 6.33 Å². The molecule has 2 saturated heterocycles. The lowest BCUT2D eigenvalue weighted by Gasteiger charge is -2.24. The van der Waals surface area contributed by atoms with Crippen molar-refractivity contribution in [1.29, 1.82) is 0 Å². The maximum atomic E-state index is 9.52. The maximum absolute atomic E-state index is 9.52. The monoisotopic (exact) mass is 307 g/mol. The van der Waals surface area contributed by atoms with E-state index in [4.69, 9.17) is 19.9 Å². The number of ether oxygens (including phenoxy) is 3. The molecule has 2 aliphatic heterocycles. The summed E-state index contributed by atoms with van der Waals surface area (Å²) >= 11 is 0. The first-order chi connectivity index (χ1) is 10.5. The van der Waals surface area contributed by atoms with Crippen LogP contribution in [0.4, 0.5) is 5.82 Å². The van der Waals surface area contributed by atoms with Crippen LogP contribution < -0.4 is 5.73 Å². The summed E-state index contributed by atoms with van der Waals surface area (Å²) in [5.74, 6) is -0.421. The Labute approximate surface area is 126 Å². The summed E-state index contributed by atoms with van der Waals surface area (Å²) in [5.41, 5.74) is 6.87. The van der Waals surface area contributed by atoms with Gasteiger partial charge in [-0.1, -0.05) is 0 Å². The van der Waals surface area contributed by atoms with Gasteiger partial charge in [0.2, 0.25) is 0 Å². The van der Waals surface area contributed by atoms with Crippen molar-refractivity contribution < 1.29 is 19.3 Å². The van der Waals surface area contributed by atoms with Gasteiger partial charge in [0, 0.05) is 0 Å². The van der Waals surface area contributed by atoms with Crippen LogP contribution in [0, 0.1) is 0 Å². The predicted octanol–water partition coefficient (Wildman–Crippen LogP) is -0.182. The number of anilines is 1. The van der Waals surface area contributed by atoms with E-state index in [-0.39, 0.29) is 18.8 Å². The number of nitrogens with zero attached hydrogens (tertiary/aromatic N) is 4. The third-order valence-corrected chi connectivity index (χ3v) is 3.97. The summed E-state index contributed by atoms with van der Waals surface area (Å²) in [7, 11) is 0. The average Bonchev–Trinajstić information content (AvgIpc) is 3.10. The molecule has 2 aromatic rings. The van der Waals surface area contributed by atoms with Crippen molar-refractivity contribution in [3.05, 3.63) is 12.7 Å². The molecule has 118 valence electrons.